The molecule has 8 nitrogen and oxygen atoms in total. The number of amides is 3. The minimum Gasteiger partial charge on any atom is -0.348 e. The molecule has 3 unspecified atom stereocenters. The molecule has 154 valence electrons. The highest BCUT2D eigenvalue weighted by Crippen LogP contribution is 2.36. The molecule has 2 N–H and O–H groups in total. The summed E-state index contributed by atoms with van der Waals surface area (Å²) < 4.78 is 1.64. The van der Waals surface area contributed by atoms with Gasteiger partial charge in [-0.15, -0.1) is 0 Å². The zero-order valence-electron chi connectivity index (χ0n) is 17.0. The molecule has 0 aliphatic carbocycles. The quantitative estimate of drug-likeness (QED) is 0.737. The van der Waals surface area contributed by atoms with Gasteiger partial charge in [-0.2, -0.15) is 5.10 Å². The minimum absolute atomic E-state index is 0.0985. The first kappa shape index (κ1) is 20.6. The Bertz CT molecular complexity index is 879. The van der Waals surface area contributed by atoms with Crippen molar-refractivity contribution in [3.05, 3.63) is 53.9 Å². The first-order valence-electron chi connectivity index (χ1n) is 9.77. The normalized spacial score (nSPS) is 19.8. The maximum absolute atomic E-state index is 12.8. The lowest BCUT2D eigenvalue weighted by Gasteiger charge is -2.23. The average Bonchev–Trinajstić information content (AvgIpc) is 3.27. The summed E-state index contributed by atoms with van der Waals surface area (Å²) in [6, 6.07) is 9.22. The Morgan fingerprint density at radius 2 is 1.97 bits per heavy atom. The monoisotopic (exact) mass is 397 g/mol. The molecule has 0 saturated carbocycles. The van der Waals surface area contributed by atoms with Crippen LogP contribution in [-0.4, -0.2) is 46.0 Å². The number of carbonyl (C=O) groups is 3. The van der Waals surface area contributed by atoms with Crippen LogP contribution in [0.4, 0.5) is 0 Å². The SMILES string of the molecule is CCC(NC(=O)CNC(=O)C1CC(=O)N(C)C1c1cnn(C)c1)c1ccccc1. The van der Waals surface area contributed by atoms with Crippen LogP contribution in [0.15, 0.2) is 42.7 Å². The molecular formula is C21H27N5O3. The van der Waals surface area contributed by atoms with Crippen molar-refractivity contribution >= 4 is 17.7 Å². The predicted molar refractivity (Wildman–Crippen MR) is 107 cm³/mol. The molecule has 0 radical (unpaired) electrons. The number of rotatable bonds is 7. The summed E-state index contributed by atoms with van der Waals surface area (Å²) in [6.07, 6.45) is 4.33. The van der Waals surface area contributed by atoms with Gasteiger partial charge in [0.1, 0.15) is 0 Å². The Labute approximate surface area is 170 Å². The Hall–Kier alpha value is -3.16. The number of aryl methyl sites for hydroxylation is 1. The van der Waals surface area contributed by atoms with Crippen molar-refractivity contribution < 1.29 is 14.4 Å². The summed E-state index contributed by atoms with van der Waals surface area (Å²) in [5.41, 5.74) is 1.83. The van der Waals surface area contributed by atoms with Crippen LogP contribution in [0.25, 0.3) is 0 Å². The summed E-state index contributed by atoms with van der Waals surface area (Å²) in [5, 5.41) is 9.79. The maximum Gasteiger partial charge on any atom is 0.239 e. The zero-order chi connectivity index (χ0) is 21.0. The number of nitrogens with zero attached hydrogens (tertiary/aromatic N) is 3. The van der Waals surface area contributed by atoms with Crippen LogP contribution in [-0.2, 0) is 21.4 Å². The van der Waals surface area contributed by atoms with Crippen molar-refractivity contribution in [2.75, 3.05) is 13.6 Å². The van der Waals surface area contributed by atoms with E-state index >= 15 is 0 Å². The Balaban J connectivity index is 1.60. The molecule has 3 rings (SSSR count). The highest BCUT2D eigenvalue weighted by Gasteiger charge is 2.43. The first-order chi connectivity index (χ1) is 13.9. The fourth-order valence-electron chi connectivity index (χ4n) is 3.80. The number of hydrogen-bond acceptors (Lipinski definition) is 4. The molecule has 1 fully saturated rings. The molecule has 0 spiro atoms. The number of nitrogens with one attached hydrogen (secondary N) is 2. The van der Waals surface area contributed by atoms with Crippen molar-refractivity contribution in [3.8, 4) is 0 Å². The number of aromatic nitrogens is 2. The highest BCUT2D eigenvalue weighted by molar-refractivity contribution is 5.92. The molecule has 2 aromatic rings. The molecule has 0 bridgehead atoms. The summed E-state index contributed by atoms with van der Waals surface area (Å²) in [4.78, 5) is 38.9. The molecule has 1 aliphatic rings. The van der Waals surface area contributed by atoms with Gasteiger partial charge in [0.25, 0.3) is 0 Å². The largest absolute Gasteiger partial charge is 0.348 e. The fraction of sp³-hybridized carbons (Fsp3) is 0.429. The van der Waals surface area contributed by atoms with Gasteiger partial charge in [0, 0.05) is 32.3 Å². The van der Waals surface area contributed by atoms with Gasteiger partial charge >= 0.3 is 0 Å². The second kappa shape index (κ2) is 8.89. The number of hydrogen-bond donors (Lipinski definition) is 2. The molecule has 3 atom stereocenters. The second-order valence-corrected chi connectivity index (χ2v) is 7.36. The smallest absolute Gasteiger partial charge is 0.239 e. The van der Waals surface area contributed by atoms with Crippen LogP contribution < -0.4 is 10.6 Å². The van der Waals surface area contributed by atoms with Gasteiger partial charge < -0.3 is 15.5 Å². The van der Waals surface area contributed by atoms with Crippen LogP contribution in [0.2, 0.25) is 0 Å². The summed E-state index contributed by atoms with van der Waals surface area (Å²) >= 11 is 0. The molecular weight excluding hydrogens is 370 g/mol. The van der Waals surface area contributed by atoms with Gasteiger partial charge in [0.15, 0.2) is 0 Å². The highest BCUT2D eigenvalue weighted by atomic mass is 16.2. The molecule has 1 aromatic carbocycles. The molecule has 29 heavy (non-hydrogen) atoms. The maximum atomic E-state index is 12.8. The van der Waals surface area contributed by atoms with Gasteiger partial charge in [-0.3, -0.25) is 19.1 Å². The van der Waals surface area contributed by atoms with E-state index in [-0.39, 0.29) is 42.8 Å². The van der Waals surface area contributed by atoms with E-state index in [1.165, 1.54) is 0 Å². The second-order valence-electron chi connectivity index (χ2n) is 7.36. The van der Waals surface area contributed by atoms with Crippen LogP contribution in [0.1, 0.15) is 43.0 Å². The van der Waals surface area contributed by atoms with Gasteiger partial charge in [-0.1, -0.05) is 37.3 Å². The van der Waals surface area contributed by atoms with Crippen LogP contribution >= 0.6 is 0 Å². The van der Waals surface area contributed by atoms with E-state index in [1.54, 1.807) is 36.1 Å². The van der Waals surface area contributed by atoms with Gasteiger partial charge in [0.2, 0.25) is 17.7 Å². The topological polar surface area (TPSA) is 96.3 Å². The summed E-state index contributed by atoms with van der Waals surface area (Å²) in [5.74, 6) is -1.22. The Morgan fingerprint density at radius 3 is 2.59 bits per heavy atom. The van der Waals surface area contributed by atoms with Crippen LogP contribution in [0.3, 0.4) is 0 Å². The van der Waals surface area contributed by atoms with Crippen molar-refractivity contribution in [1.82, 2.24) is 25.3 Å². The van der Waals surface area contributed by atoms with E-state index in [1.807, 2.05) is 37.3 Å². The van der Waals surface area contributed by atoms with Crippen molar-refractivity contribution in [1.29, 1.82) is 0 Å². The van der Waals surface area contributed by atoms with Gasteiger partial charge in [0.05, 0.1) is 30.7 Å². The van der Waals surface area contributed by atoms with Crippen LogP contribution in [0, 0.1) is 5.92 Å². The van der Waals surface area contributed by atoms with E-state index in [0.29, 0.717) is 0 Å². The first-order valence-corrected chi connectivity index (χ1v) is 9.77. The van der Waals surface area contributed by atoms with E-state index in [4.69, 9.17) is 0 Å². The molecule has 2 heterocycles. The van der Waals surface area contributed by atoms with E-state index in [0.717, 1.165) is 17.5 Å². The number of carbonyl (C=O) groups excluding carboxylic acids is 3. The lowest BCUT2D eigenvalue weighted by molar-refractivity contribution is -0.129. The van der Waals surface area contributed by atoms with Crippen molar-refractivity contribution in [2.45, 2.75) is 31.8 Å². The predicted octanol–water partition coefficient (Wildman–Crippen LogP) is 1.32. The molecule has 1 saturated heterocycles. The van der Waals surface area contributed by atoms with Crippen molar-refractivity contribution in [2.24, 2.45) is 13.0 Å². The third-order valence-corrected chi connectivity index (χ3v) is 5.36. The van der Waals surface area contributed by atoms with E-state index in [9.17, 15) is 14.4 Å². The minimum atomic E-state index is -0.555. The lowest BCUT2D eigenvalue weighted by atomic mass is 9.95. The average molecular weight is 397 g/mol. The van der Waals surface area contributed by atoms with Gasteiger partial charge in [-0.05, 0) is 12.0 Å². The molecule has 1 aromatic heterocycles. The fourth-order valence-corrected chi connectivity index (χ4v) is 3.80. The van der Waals surface area contributed by atoms with Crippen LogP contribution in [0.5, 0.6) is 0 Å². The molecule has 3 amide bonds. The number of likely N-dealkylation sites (tertiary alicyclic amines) is 1. The van der Waals surface area contributed by atoms with E-state index in [2.05, 4.69) is 15.7 Å². The zero-order valence-corrected chi connectivity index (χ0v) is 17.0. The standard InChI is InChI=1S/C21H27N5O3/c1-4-17(14-8-6-5-7-9-14)24-18(27)12-22-21(29)16-10-19(28)26(3)20(16)15-11-23-25(2)13-15/h5-9,11,13,16-17,20H,4,10,12H2,1-3H3,(H,22,29)(H,24,27). The molecule has 1 aliphatic heterocycles. The summed E-state index contributed by atoms with van der Waals surface area (Å²) in [6.45, 7) is 1.87. The number of benzene rings is 1. The van der Waals surface area contributed by atoms with E-state index < -0.39 is 5.92 Å². The van der Waals surface area contributed by atoms with Crippen molar-refractivity contribution in [3.63, 3.8) is 0 Å². The summed E-state index contributed by atoms with van der Waals surface area (Å²) in [7, 11) is 3.47. The van der Waals surface area contributed by atoms with Gasteiger partial charge in [-0.25, -0.2) is 0 Å². The Kier molecular flexibility index (Phi) is 6.31. The Morgan fingerprint density at radius 1 is 1.24 bits per heavy atom. The third kappa shape index (κ3) is 4.64. The lowest BCUT2D eigenvalue weighted by Crippen LogP contribution is -2.41. The molecule has 8 heteroatoms. The third-order valence-electron chi connectivity index (χ3n) is 5.36.